The summed E-state index contributed by atoms with van der Waals surface area (Å²) in [7, 11) is 0. The number of ether oxygens (including phenoxy) is 1. The number of rotatable bonds is 6. The highest BCUT2D eigenvalue weighted by atomic mass is 32.1. The molecule has 2 aromatic rings. The van der Waals surface area contributed by atoms with Gasteiger partial charge in [-0.1, -0.05) is 13.0 Å². The largest absolute Gasteiger partial charge is 0.493 e. The summed E-state index contributed by atoms with van der Waals surface area (Å²) in [6, 6.07) is 6.24. The SMILES string of the molecule is CCc1cc(OC[C@@H]2[C@H]3CC[C@H](c4nc(C(=O)O)cs4)C[C@H]3C[C@@H]2O)ccc1C. The predicted octanol–water partition coefficient (Wildman–Crippen LogP) is 4.67. The highest BCUT2D eigenvalue weighted by Gasteiger charge is 2.46. The van der Waals surface area contributed by atoms with Crippen molar-refractivity contribution in [1.29, 1.82) is 0 Å². The van der Waals surface area contributed by atoms with Crippen molar-refractivity contribution in [1.82, 2.24) is 4.98 Å². The molecule has 0 aliphatic heterocycles. The van der Waals surface area contributed by atoms with Crippen LogP contribution >= 0.6 is 11.3 Å². The smallest absolute Gasteiger partial charge is 0.355 e. The molecule has 0 radical (unpaired) electrons. The second kappa shape index (κ2) is 8.44. The number of hydrogen-bond acceptors (Lipinski definition) is 5. The summed E-state index contributed by atoms with van der Waals surface area (Å²) in [4.78, 5) is 15.4. The maximum Gasteiger partial charge on any atom is 0.355 e. The Labute approximate surface area is 175 Å². The number of aryl methyl sites for hydroxylation is 2. The lowest BCUT2D eigenvalue weighted by molar-refractivity contribution is 0.0689. The Balaban J connectivity index is 1.39. The monoisotopic (exact) mass is 415 g/mol. The zero-order valence-electron chi connectivity index (χ0n) is 17.0. The lowest BCUT2D eigenvalue weighted by Crippen LogP contribution is -2.29. The molecule has 156 valence electrons. The van der Waals surface area contributed by atoms with Gasteiger partial charge < -0.3 is 14.9 Å². The standard InChI is InChI=1S/C23H29NO4S/c1-3-14-9-17(6-4-13(14)2)28-11-19-18-7-5-15(8-16(18)10-21(19)25)22-24-20(12-29-22)23(26)27/h4,6,9,12,15-16,18-19,21,25H,3,5,7-8,10-11H2,1-2H3,(H,26,27)/t15-,16-,18-,19+,21-/m0/s1. The minimum absolute atomic E-state index is 0.148. The van der Waals surface area contributed by atoms with Crippen LogP contribution in [0.25, 0.3) is 0 Å². The van der Waals surface area contributed by atoms with Gasteiger partial charge in [0.2, 0.25) is 0 Å². The first-order chi connectivity index (χ1) is 14.0. The van der Waals surface area contributed by atoms with Gasteiger partial charge in [0.1, 0.15) is 5.75 Å². The minimum atomic E-state index is -0.961. The molecule has 29 heavy (non-hydrogen) atoms. The van der Waals surface area contributed by atoms with E-state index < -0.39 is 5.97 Å². The molecule has 0 saturated heterocycles. The molecule has 0 amide bonds. The Hall–Kier alpha value is -1.92. The Bertz CT molecular complexity index is 880. The minimum Gasteiger partial charge on any atom is -0.493 e. The molecule has 1 heterocycles. The predicted molar refractivity (Wildman–Crippen MR) is 113 cm³/mol. The third-order valence-electron chi connectivity index (χ3n) is 6.86. The van der Waals surface area contributed by atoms with Crippen LogP contribution in [0.3, 0.4) is 0 Å². The van der Waals surface area contributed by atoms with E-state index in [0.29, 0.717) is 24.4 Å². The van der Waals surface area contributed by atoms with Crippen molar-refractivity contribution in [2.24, 2.45) is 17.8 Å². The first kappa shape index (κ1) is 20.4. The number of hydrogen-bond donors (Lipinski definition) is 2. The maximum atomic E-state index is 11.1. The molecule has 2 N–H and O–H groups in total. The summed E-state index contributed by atoms with van der Waals surface area (Å²) < 4.78 is 6.11. The second-order valence-electron chi connectivity index (χ2n) is 8.53. The normalized spacial score (nSPS) is 28.9. The van der Waals surface area contributed by atoms with Gasteiger partial charge >= 0.3 is 5.97 Å². The third-order valence-corrected chi connectivity index (χ3v) is 7.87. The van der Waals surface area contributed by atoms with Gasteiger partial charge in [-0.3, -0.25) is 0 Å². The molecule has 2 saturated carbocycles. The number of thiazole rings is 1. The van der Waals surface area contributed by atoms with Crippen LogP contribution in [0.1, 0.15) is 65.1 Å². The number of aromatic nitrogens is 1. The lowest BCUT2D eigenvalue weighted by atomic mass is 9.73. The molecule has 6 heteroatoms. The van der Waals surface area contributed by atoms with E-state index in [-0.39, 0.29) is 17.7 Å². The Morgan fingerprint density at radius 3 is 2.86 bits per heavy atom. The summed E-state index contributed by atoms with van der Waals surface area (Å²) in [6.07, 6.45) is 4.49. The van der Waals surface area contributed by atoms with Gasteiger partial charge in [0.05, 0.1) is 17.7 Å². The van der Waals surface area contributed by atoms with E-state index in [4.69, 9.17) is 9.84 Å². The van der Waals surface area contributed by atoms with E-state index >= 15 is 0 Å². The molecule has 1 aromatic carbocycles. The average molecular weight is 416 g/mol. The van der Waals surface area contributed by atoms with Crippen LogP contribution in [0.4, 0.5) is 0 Å². The molecule has 1 aromatic heterocycles. The van der Waals surface area contributed by atoms with Gasteiger partial charge in [-0.05, 0) is 74.1 Å². The summed E-state index contributed by atoms with van der Waals surface area (Å²) in [5.74, 6) is 1.33. The Morgan fingerprint density at radius 1 is 1.31 bits per heavy atom. The van der Waals surface area contributed by atoms with Gasteiger partial charge in [0.15, 0.2) is 5.69 Å². The van der Waals surface area contributed by atoms with E-state index in [1.807, 2.05) is 6.07 Å². The molecule has 0 unspecified atom stereocenters. The molecule has 4 rings (SSSR count). The summed E-state index contributed by atoms with van der Waals surface area (Å²) >= 11 is 1.45. The number of benzene rings is 1. The average Bonchev–Trinajstić information content (AvgIpc) is 3.31. The number of aromatic carboxylic acids is 1. The fraction of sp³-hybridized carbons (Fsp3) is 0.565. The summed E-state index contributed by atoms with van der Waals surface area (Å²) in [6.45, 7) is 4.83. The molecular weight excluding hydrogens is 386 g/mol. The van der Waals surface area contributed by atoms with Crippen LogP contribution in [0.15, 0.2) is 23.6 Å². The van der Waals surface area contributed by atoms with E-state index in [0.717, 1.165) is 42.9 Å². The molecule has 0 bridgehead atoms. The van der Waals surface area contributed by atoms with Crippen molar-refractivity contribution in [3.63, 3.8) is 0 Å². The molecule has 0 spiro atoms. The molecule has 5 atom stereocenters. The van der Waals surface area contributed by atoms with Crippen LogP contribution in [-0.4, -0.2) is 33.9 Å². The van der Waals surface area contributed by atoms with Gasteiger partial charge in [0.25, 0.3) is 0 Å². The lowest BCUT2D eigenvalue weighted by Gasteiger charge is -2.33. The zero-order chi connectivity index (χ0) is 20.5. The van der Waals surface area contributed by atoms with E-state index in [1.54, 1.807) is 5.38 Å². The number of carbonyl (C=O) groups is 1. The van der Waals surface area contributed by atoms with E-state index in [2.05, 4.69) is 31.0 Å². The number of aliphatic hydroxyl groups is 1. The second-order valence-corrected chi connectivity index (χ2v) is 9.42. The first-order valence-electron chi connectivity index (χ1n) is 10.5. The topological polar surface area (TPSA) is 79.7 Å². The third kappa shape index (κ3) is 4.19. The molecule has 5 nitrogen and oxygen atoms in total. The zero-order valence-corrected chi connectivity index (χ0v) is 17.8. The van der Waals surface area contributed by atoms with Gasteiger partial charge in [-0.25, -0.2) is 9.78 Å². The van der Waals surface area contributed by atoms with Crippen molar-refractivity contribution < 1.29 is 19.7 Å². The fourth-order valence-electron chi connectivity index (χ4n) is 5.24. The number of aliphatic hydroxyl groups excluding tert-OH is 1. The van der Waals surface area contributed by atoms with Crippen LogP contribution in [0.2, 0.25) is 0 Å². The van der Waals surface area contributed by atoms with Crippen LogP contribution < -0.4 is 4.74 Å². The molecular formula is C23H29NO4S. The first-order valence-corrected chi connectivity index (χ1v) is 11.4. The Kier molecular flexibility index (Phi) is 5.93. The van der Waals surface area contributed by atoms with Crippen molar-refractivity contribution in [3.8, 4) is 5.75 Å². The van der Waals surface area contributed by atoms with Crippen LogP contribution in [0, 0.1) is 24.7 Å². The van der Waals surface area contributed by atoms with Gasteiger partial charge in [-0.15, -0.1) is 11.3 Å². The highest BCUT2D eigenvalue weighted by molar-refractivity contribution is 7.09. The summed E-state index contributed by atoms with van der Waals surface area (Å²) in [5.41, 5.74) is 2.74. The van der Waals surface area contributed by atoms with Gasteiger partial charge in [0, 0.05) is 17.2 Å². The van der Waals surface area contributed by atoms with Crippen LogP contribution in [0.5, 0.6) is 5.75 Å². The van der Waals surface area contributed by atoms with Crippen molar-refractivity contribution in [2.45, 2.75) is 58.0 Å². The van der Waals surface area contributed by atoms with Crippen molar-refractivity contribution >= 4 is 17.3 Å². The number of carboxylic acids is 1. The van der Waals surface area contributed by atoms with Crippen LogP contribution in [-0.2, 0) is 6.42 Å². The molecule has 2 aliphatic rings. The Morgan fingerprint density at radius 2 is 2.14 bits per heavy atom. The van der Waals surface area contributed by atoms with E-state index in [1.165, 1.54) is 22.5 Å². The molecule has 2 fully saturated rings. The van der Waals surface area contributed by atoms with Crippen molar-refractivity contribution in [3.05, 3.63) is 45.4 Å². The van der Waals surface area contributed by atoms with E-state index in [9.17, 15) is 9.90 Å². The number of fused-ring (bicyclic) bond motifs is 1. The number of nitrogens with zero attached hydrogens (tertiary/aromatic N) is 1. The summed E-state index contributed by atoms with van der Waals surface area (Å²) in [5, 5.41) is 22.4. The molecule has 2 aliphatic carbocycles. The van der Waals surface area contributed by atoms with Crippen molar-refractivity contribution in [2.75, 3.05) is 6.61 Å². The van der Waals surface area contributed by atoms with Gasteiger partial charge in [-0.2, -0.15) is 0 Å². The number of carboxylic acid groups (broad SMARTS) is 1. The maximum absolute atomic E-state index is 11.1. The highest BCUT2D eigenvalue weighted by Crippen LogP contribution is 2.50. The quantitative estimate of drug-likeness (QED) is 0.717. The fourth-order valence-corrected chi connectivity index (χ4v) is 6.18.